The van der Waals surface area contributed by atoms with E-state index >= 15 is 0 Å². The van der Waals surface area contributed by atoms with Gasteiger partial charge in [0.05, 0.1) is 11.3 Å². The Morgan fingerprint density at radius 2 is 2.00 bits per heavy atom. The number of rotatable bonds is 1. The smallest absolute Gasteiger partial charge is 0.428 e. The Morgan fingerprint density at radius 3 is 2.76 bits per heavy atom. The van der Waals surface area contributed by atoms with Crippen LogP contribution in [0.25, 0.3) is 11.0 Å². The zero-order chi connectivity index (χ0) is 16.8. The van der Waals surface area contributed by atoms with E-state index in [2.05, 4.69) is 20.4 Å². The standard InChI is InChI=1S/C18H21BN4O2/c24-18-5-9-3-10(6-18)14(11(4-9)7-18)16-15-12-1-2-20-17(12)21-8-13(15)19(25)23-22-16/h1-2,8-11,14,23-25H,3-7H2,(H,20,21)/t9?,10?,11?,14-,18+. The molecule has 1 aliphatic heterocycles. The molecular weight excluding hydrogens is 315 g/mol. The third-order valence-electron chi connectivity index (χ3n) is 7.03. The van der Waals surface area contributed by atoms with Crippen LogP contribution in [0.4, 0.5) is 0 Å². The van der Waals surface area contributed by atoms with Crippen molar-refractivity contribution >= 4 is 29.3 Å². The summed E-state index contributed by atoms with van der Waals surface area (Å²) in [5.41, 5.74) is 3.30. The number of nitrogens with one attached hydrogen (secondary N) is 2. The summed E-state index contributed by atoms with van der Waals surface area (Å²) in [5, 5.41) is 29.8. The molecule has 2 unspecified atom stereocenters. The van der Waals surface area contributed by atoms with Crippen molar-refractivity contribution in [3.8, 4) is 0 Å². The highest BCUT2D eigenvalue weighted by molar-refractivity contribution is 6.66. The molecular formula is C18H21BN4O2. The molecule has 6 nitrogen and oxygen atoms in total. The van der Waals surface area contributed by atoms with E-state index in [0.29, 0.717) is 23.7 Å². The molecule has 4 N–H and O–H groups in total. The third-order valence-corrected chi connectivity index (χ3v) is 7.03. The van der Waals surface area contributed by atoms with E-state index in [1.165, 1.54) is 12.8 Å². The van der Waals surface area contributed by atoms with Crippen molar-refractivity contribution in [2.45, 2.75) is 37.7 Å². The van der Waals surface area contributed by atoms with E-state index < -0.39 is 12.7 Å². The quantitative estimate of drug-likeness (QED) is 0.578. The summed E-state index contributed by atoms with van der Waals surface area (Å²) in [4.78, 5) is 7.61. The number of aliphatic hydroxyl groups is 1. The molecule has 0 amide bonds. The fourth-order valence-corrected chi connectivity index (χ4v) is 6.44. The monoisotopic (exact) mass is 336 g/mol. The van der Waals surface area contributed by atoms with Crippen LogP contribution in [0.15, 0.2) is 23.6 Å². The first-order valence-electron chi connectivity index (χ1n) is 9.31. The lowest BCUT2D eigenvalue weighted by molar-refractivity contribution is -0.137. The van der Waals surface area contributed by atoms with E-state index in [-0.39, 0.29) is 0 Å². The maximum Gasteiger partial charge on any atom is 0.465 e. The molecule has 0 saturated heterocycles. The highest BCUT2D eigenvalue weighted by Gasteiger charge is 2.56. The van der Waals surface area contributed by atoms with Gasteiger partial charge in [0.1, 0.15) is 5.65 Å². The molecule has 4 saturated carbocycles. The van der Waals surface area contributed by atoms with Crippen LogP contribution in [0.5, 0.6) is 0 Å². The minimum atomic E-state index is -0.813. The summed E-state index contributed by atoms with van der Waals surface area (Å²) in [6, 6.07) is 2.03. The molecule has 128 valence electrons. The third kappa shape index (κ3) is 1.88. The van der Waals surface area contributed by atoms with Crippen LogP contribution >= 0.6 is 0 Å². The van der Waals surface area contributed by atoms with Gasteiger partial charge >= 0.3 is 7.05 Å². The molecule has 2 atom stereocenters. The maximum atomic E-state index is 10.9. The molecule has 0 aromatic carbocycles. The Bertz CT molecular complexity index is 894. The molecule has 2 aromatic rings. The number of aromatic amines is 1. The van der Waals surface area contributed by atoms with Crippen LogP contribution < -0.4 is 10.8 Å². The number of pyridine rings is 1. The van der Waals surface area contributed by atoms with Crippen molar-refractivity contribution in [2.75, 3.05) is 0 Å². The molecule has 2 aromatic heterocycles. The lowest BCUT2D eigenvalue weighted by Crippen LogP contribution is -2.59. The minimum absolute atomic E-state index is 0.357. The predicted molar refractivity (Wildman–Crippen MR) is 95.4 cm³/mol. The minimum Gasteiger partial charge on any atom is -0.428 e. The molecule has 0 radical (unpaired) electrons. The van der Waals surface area contributed by atoms with Gasteiger partial charge < -0.3 is 20.5 Å². The fraction of sp³-hybridized carbons (Fsp3) is 0.556. The second kappa shape index (κ2) is 4.65. The van der Waals surface area contributed by atoms with Gasteiger partial charge in [-0.25, -0.2) is 4.98 Å². The number of H-pyrrole nitrogens is 1. The molecule has 4 bridgehead atoms. The van der Waals surface area contributed by atoms with Crippen LogP contribution in [0.3, 0.4) is 0 Å². The molecule has 7 heteroatoms. The number of hydrogen-bond donors (Lipinski definition) is 4. The van der Waals surface area contributed by atoms with E-state index in [0.717, 1.165) is 47.0 Å². The molecule has 4 aliphatic carbocycles. The van der Waals surface area contributed by atoms with E-state index in [9.17, 15) is 10.1 Å². The van der Waals surface area contributed by atoms with Crippen LogP contribution in [0.2, 0.25) is 0 Å². The Kier molecular flexibility index (Phi) is 2.67. The molecule has 0 spiro atoms. The van der Waals surface area contributed by atoms with Gasteiger partial charge in [0.2, 0.25) is 0 Å². The Balaban J connectivity index is 1.51. The lowest BCUT2D eigenvalue weighted by Gasteiger charge is -2.58. The maximum absolute atomic E-state index is 10.9. The van der Waals surface area contributed by atoms with Crippen molar-refractivity contribution < 1.29 is 10.1 Å². The summed E-state index contributed by atoms with van der Waals surface area (Å²) >= 11 is 0. The first-order chi connectivity index (χ1) is 12.1. The normalized spacial score (nSPS) is 38.6. The molecule has 3 heterocycles. The van der Waals surface area contributed by atoms with Crippen LogP contribution in [0, 0.1) is 23.7 Å². The first-order valence-corrected chi connectivity index (χ1v) is 9.31. The van der Waals surface area contributed by atoms with Gasteiger partial charge in [0.15, 0.2) is 0 Å². The van der Waals surface area contributed by atoms with Gasteiger partial charge in [-0.1, -0.05) is 0 Å². The van der Waals surface area contributed by atoms with Crippen molar-refractivity contribution in [1.82, 2.24) is 15.3 Å². The lowest BCUT2D eigenvalue weighted by atomic mass is 9.48. The van der Waals surface area contributed by atoms with Crippen molar-refractivity contribution in [2.24, 2.45) is 28.8 Å². The van der Waals surface area contributed by atoms with Gasteiger partial charge in [0.25, 0.3) is 0 Å². The average molecular weight is 336 g/mol. The molecule has 25 heavy (non-hydrogen) atoms. The summed E-state index contributed by atoms with van der Waals surface area (Å²) in [6.07, 6.45) is 8.81. The summed E-state index contributed by atoms with van der Waals surface area (Å²) in [6.45, 7) is 0. The number of hydrazone groups is 1. The summed E-state index contributed by atoms with van der Waals surface area (Å²) in [7, 11) is -0.813. The number of nitrogens with zero attached hydrogens (tertiary/aromatic N) is 2. The second-order valence-corrected chi connectivity index (χ2v) is 8.58. The number of fused-ring (bicyclic) bond motifs is 3. The van der Waals surface area contributed by atoms with E-state index in [1.807, 2.05) is 12.3 Å². The molecule has 5 aliphatic rings. The zero-order valence-corrected chi connectivity index (χ0v) is 13.9. The van der Waals surface area contributed by atoms with Crippen LogP contribution in [-0.2, 0) is 0 Å². The van der Waals surface area contributed by atoms with Crippen LogP contribution in [0.1, 0.15) is 37.7 Å². The Morgan fingerprint density at radius 1 is 1.20 bits per heavy atom. The van der Waals surface area contributed by atoms with Crippen molar-refractivity contribution in [3.05, 3.63) is 24.0 Å². The predicted octanol–water partition coefficient (Wildman–Crippen LogP) is 0.745. The first kappa shape index (κ1) is 14.3. The number of aromatic nitrogens is 2. The van der Waals surface area contributed by atoms with Gasteiger partial charge in [0, 0.05) is 34.7 Å². The largest absolute Gasteiger partial charge is 0.465 e. The highest BCUT2D eigenvalue weighted by Crippen LogP contribution is 2.59. The van der Waals surface area contributed by atoms with Gasteiger partial charge in [-0.05, 0) is 55.9 Å². The Labute approximate surface area is 145 Å². The van der Waals surface area contributed by atoms with E-state index in [1.54, 1.807) is 6.20 Å². The second-order valence-electron chi connectivity index (χ2n) is 8.58. The zero-order valence-electron chi connectivity index (χ0n) is 13.9. The van der Waals surface area contributed by atoms with Gasteiger partial charge in [-0.15, -0.1) is 0 Å². The van der Waals surface area contributed by atoms with Crippen LogP contribution in [-0.4, -0.2) is 38.5 Å². The summed E-state index contributed by atoms with van der Waals surface area (Å²) < 4.78 is 0. The summed E-state index contributed by atoms with van der Waals surface area (Å²) in [5.74, 6) is 2.01. The van der Waals surface area contributed by atoms with Crippen molar-refractivity contribution in [3.63, 3.8) is 0 Å². The fourth-order valence-electron chi connectivity index (χ4n) is 6.44. The topological polar surface area (TPSA) is 93.5 Å². The van der Waals surface area contributed by atoms with Crippen molar-refractivity contribution in [1.29, 1.82) is 0 Å². The van der Waals surface area contributed by atoms with Gasteiger partial charge in [-0.3, -0.25) is 0 Å². The Hall–Kier alpha value is -1.86. The number of hydrogen-bond acceptors (Lipinski definition) is 5. The van der Waals surface area contributed by atoms with Gasteiger partial charge in [-0.2, -0.15) is 5.10 Å². The average Bonchev–Trinajstić information content (AvgIpc) is 3.03. The SMILES string of the molecule is OB1NN=C([C@H]2C3CC4CC2C[C@@](O)(C4)C3)c2c1cnc1[nH]ccc21. The highest BCUT2D eigenvalue weighted by atomic mass is 16.3. The van der Waals surface area contributed by atoms with E-state index in [4.69, 9.17) is 0 Å². The molecule has 4 fully saturated rings. The molecule has 7 rings (SSSR count).